The topological polar surface area (TPSA) is 107 Å². The SMILES string of the molecule is CCc1[nH]nc(Cl)c1C(=O)NCC1CC2(CCC2)CN1.O=C(O)C(F)(F)F. The lowest BCUT2D eigenvalue weighted by Gasteiger charge is -2.37. The summed E-state index contributed by atoms with van der Waals surface area (Å²) in [5.41, 5.74) is 1.81. The molecule has 0 bridgehead atoms. The summed E-state index contributed by atoms with van der Waals surface area (Å²) in [4.78, 5) is 21.1. The number of carbonyl (C=O) groups is 2. The zero-order valence-electron chi connectivity index (χ0n) is 14.7. The fourth-order valence-electron chi connectivity index (χ4n) is 3.37. The van der Waals surface area contributed by atoms with Crippen LogP contribution in [0, 0.1) is 5.41 Å². The Labute approximate surface area is 159 Å². The number of alkyl halides is 3. The van der Waals surface area contributed by atoms with Gasteiger partial charge in [0.2, 0.25) is 0 Å². The van der Waals surface area contributed by atoms with Crippen LogP contribution in [0.15, 0.2) is 0 Å². The number of hydrogen-bond donors (Lipinski definition) is 4. The molecule has 0 aromatic carbocycles. The number of aliphatic carboxylic acids is 1. The number of hydrogen-bond acceptors (Lipinski definition) is 4. The van der Waals surface area contributed by atoms with Crippen molar-refractivity contribution in [3.8, 4) is 0 Å². The van der Waals surface area contributed by atoms with Gasteiger partial charge in [0, 0.05) is 24.8 Å². The lowest BCUT2D eigenvalue weighted by Crippen LogP contribution is -2.37. The highest BCUT2D eigenvalue weighted by Crippen LogP contribution is 2.46. The summed E-state index contributed by atoms with van der Waals surface area (Å²) in [5.74, 6) is -2.88. The number of aryl methyl sites for hydroxylation is 1. The molecule has 1 amide bonds. The van der Waals surface area contributed by atoms with Gasteiger partial charge in [0.1, 0.15) is 0 Å². The lowest BCUT2D eigenvalue weighted by atomic mass is 9.67. The molecule has 1 aliphatic heterocycles. The molecule has 1 saturated heterocycles. The summed E-state index contributed by atoms with van der Waals surface area (Å²) in [6.07, 6.45) is 0.821. The molecule has 1 aliphatic carbocycles. The number of rotatable bonds is 4. The average molecular weight is 411 g/mol. The minimum atomic E-state index is -5.08. The molecule has 1 aromatic heterocycles. The van der Waals surface area contributed by atoms with Crippen LogP contribution in [0.25, 0.3) is 0 Å². The third-order valence-corrected chi connectivity index (χ3v) is 5.26. The van der Waals surface area contributed by atoms with E-state index in [9.17, 15) is 18.0 Å². The van der Waals surface area contributed by atoms with E-state index in [1.807, 2.05) is 6.92 Å². The van der Waals surface area contributed by atoms with E-state index < -0.39 is 12.1 Å². The summed E-state index contributed by atoms with van der Waals surface area (Å²) in [6.45, 7) is 3.73. The van der Waals surface area contributed by atoms with Crippen LogP contribution in [-0.2, 0) is 11.2 Å². The van der Waals surface area contributed by atoms with Crippen LogP contribution < -0.4 is 10.6 Å². The van der Waals surface area contributed by atoms with Gasteiger partial charge in [0.25, 0.3) is 5.91 Å². The predicted octanol–water partition coefficient (Wildman–Crippen LogP) is 2.52. The molecule has 1 saturated carbocycles. The number of amides is 1. The molecule has 11 heteroatoms. The van der Waals surface area contributed by atoms with Gasteiger partial charge in [0.05, 0.1) is 5.56 Å². The standard InChI is InChI=1S/C14H21ClN4O.C2HF3O2/c1-2-10-11(12(15)19-18-10)13(20)16-7-9-6-14(8-17-9)4-3-5-14;3-2(4,5)1(6)7/h9,17H,2-8H2,1H3,(H,16,20)(H,18,19);(H,6,7). The van der Waals surface area contributed by atoms with Crippen molar-refractivity contribution in [2.45, 2.75) is 51.2 Å². The van der Waals surface area contributed by atoms with E-state index >= 15 is 0 Å². The highest BCUT2D eigenvalue weighted by molar-refractivity contribution is 6.32. The largest absolute Gasteiger partial charge is 0.490 e. The monoisotopic (exact) mass is 410 g/mol. The maximum Gasteiger partial charge on any atom is 0.490 e. The second-order valence-corrected chi connectivity index (χ2v) is 7.23. The minimum Gasteiger partial charge on any atom is -0.475 e. The maximum absolute atomic E-state index is 12.2. The van der Waals surface area contributed by atoms with Crippen molar-refractivity contribution in [2.75, 3.05) is 13.1 Å². The van der Waals surface area contributed by atoms with E-state index in [1.54, 1.807) is 0 Å². The van der Waals surface area contributed by atoms with E-state index in [4.69, 9.17) is 21.5 Å². The number of nitrogens with one attached hydrogen (secondary N) is 3. The van der Waals surface area contributed by atoms with Crippen molar-refractivity contribution in [3.05, 3.63) is 16.4 Å². The molecule has 1 spiro atoms. The quantitative estimate of drug-likeness (QED) is 0.610. The first-order valence-electron chi connectivity index (χ1n) is 8.62. The van der Waals surface area contributed by atoms with Crippen LogP contribution in [-0.4, -0.2) is 52.5 Å². The average Bonchev–Trinajstić information content (AvgIpc) is 3.15. The van der Waals surface area contributed by atoms with Gasteiger partial charge in [0.15, 0.2) is 5.15 Å². The molecule has 2 heterocycles. The first-order chi connectivity index (χ1) is 12.6. The van der Waals surface area contributed by atoms with E-state index in [2.05, 4.69) is 20.8 Å². The number of aromatic amines is 1. The van der Waals surface area contributed by atoms with E-state index in [1.165, 1.54) is 25.7 Å². The number of halogens is 4. The van der Waals surface area contributed by atoms with Crippen molar-refractivity contribution < 1.29 is 27.9 Å². The van der Waals surface area contributed by atoms with E-state index in [0.29, 0.717) is 30.0 Å². The summed E-state index contributed by atoms with van der Waals surface area (Å²) in [6, 6.07) is 0.384. The van der Waals surface area contributed by atoms with Crippen LogP contribution >= 0.6 is 11.6 Å². The molecule has 1 unspecified atom stereocenters. The number of carboxylic acid groups (broad SMARTS) is 1. The summed E-state index contributed by atoms with van der Waals surface area (Å²) in [7, 11) is 0. The third kappa shape index (κ3) is 5.35. The molecular weight excluding hydrogens is 389 g/mol. The molecule has 3 rings (SSSR count). The number of carboxylic acids is 1. The van der Waals surface area contributed by atoms with Crippen molar-refractivity contribution in [1.82, 2.24) is 20.8 Å². The smallest absolute Gasteiger partial charge is 0.475 e. The van der Waals surface area contributed by atoms with Crippen molar-refractivity contribution >= 4 is 23.5 Å². The molecule has 152 valence electrons. The number of H-pyrrole nitrogens is 1. The summed E-state index contributed by atoms with van der Waals surface area (Å²) < 4.78 is 31.7. The van der Waals surface area contributed by atoms with Gasteiger partial charge in [-0.1, -0.05) is 24.9 Å². The van der Waals surface area contributed by atoms with Crippen LogP contribution in [0.2, 0.25) is 5.15 Å². The fraction of sp³-hybridized carbons (Fsp3) is 0.688. The Balaban J connectivity index is 0.000000321. The van der Waals surface area contributed by atoms with Gasteiger partial charge in [-0.05, 0) is 31.1 Å². The van der Waals surface area contributed by atoms with Crippen molar-refractivity contribution in [3.63, 3.8) is 0 Å². The number of nitrogens with zero attached hydrogens (tertiary/aromatic N) is 1. The van der Waals surface area contributed by atoms with Crippen LogP contribution in [0.4, 0.5) is 13.2 Å². The zero-order chi connectivity index (χ0) is 20.2. The van der Waals surface area contributed by atoms with E-state index in [0.717, 1.165) is 12.2 Å². The Kier molecular flexibility index (Phi) is 6.74. The third-order valence-electron chi connectivity index (χ3n) is 4.99. The first-order valence-corrected chi connectivity index (χ1v) is 9.00. The highest BCUT2D eigenvalue weighted by atomic mass is 35.5. The Morgan fingerprint density at radius 2 is 2.04 bits per heavy atom. The minimum absolute atomic E-state index is 0.128. The van der Waals surface area contributed by atoms with Crippen molar-refractivity contribution in [1.29, 1.82) is 0 Å². The molecule has 4 N–H and O–H groups in total. The molecular formula is C16H22ClF3N4O3. The van der Waals surface area contributed by atoms with Gasteiger partial charge in [-0.15, -0.1) is 0 Å². The molecule has 27 heavy (non-hydrogen) atoms. The van der Waals surface area contributed by atoms with Gasteiger partial charge in [-0.3, -0.25) is 9.89 Å². The summed E-state index contributed by atoms with van der Waals surface area (Å²) in [5, 5.41) is 20.6. The normalized spacial score (nSPS) is 20.6. The number of carbonyl (C=O) groups excluding carboxylic acids is 1. The van der Waals surface area contributed by atoms with Crippen LogP contribution in [0.3, 0.4) is 0 Å². The lowest BCUT2D eigenvalue weighted by molar-refractivity contribution is -0.192. The Morgan fingerprint density at radius 1 is 1.41 bits per heavy atom. The van der Waals surface area contributed by atoms with Crippen LogP contribution in [0.5, 0.6) is 0 Å². The first kappa shape index (κ1) is 21.5. The predicted molar refractivity (Wildman–Crippen MR) is 91.7 cm³/mol. The van der Waals surface area contributed by atoms with Gasteiger partial charge < -0.3 is 15.7 Å². The molecule has 7 nitrogen and oxygen atoms in total. The van der Waals surface area contributed by atoms with Gasteiger partial charge in [-0.2, -0.15) is 18.3 Å². The molecule has 2 aliphatic rings. The van der Waals surface area contributed by atoms with Crippen molar-refractivity contribution in [2.24, 2.45) is 5.41 Å². The molecule has 1 atom stereocenters. The fourth-order valence-corrected chi connectivity index (χ4v) is 3.62. The Bertz CT molecular complexity index is 689. The van der Waals surface area contributed by atoms with Gasteiger partial charge in [-0.25, -0.2) is 4.79 Å². The summed E-state index contributed by atoms with van der Waals surface area (Å²) >= 11 is 5.97. The Morgan fingerprint density at radius 3 is 2.48 bits per heavy atom. The second-order valence-electron chi connectivity index (χ2n) is 6.87. The van der Waals surface area contributed by atoms with E-state index in [-0.39, 0.29) is 11.1 Å². The highest BCUT2D eigenvalue weighted by Gasteiger charge is 2.43. The molecule has 0 radical (unpaired) electrons. The zero-order valence-corrected chi connectivity index (χ0v) is 15.5. The van der Waals surface area contributed by atoms with Crippen LogP contribution in [0.1, 0.15) is 48.7 Å². The number of aromatic nitrogens is 2. The Hall–Kier alpha value is -1.81. The molecule has 2 fully saturated rings. The maximum atomic E-state index is 12.2. The molecule has 1 aromatic rings. The second kappa shape index (κ2) is 8.47. The van der Waals surface area contributed by atoms with Gasteiger partial charge >= 0.3 is 12.1 Å².